The highest BCUT2D eigenvalue weighted by atomic mass is 16.5. The van der Waals surface area contributed by atoms with Crippen LogP contribution < -0.4 is 10.5 Å². The molecule has 5 nitrogen and oxygen atoms in total. The summed E-state index contributed by atoms with van der Waals surface area (Å²) in [6, 6.07) is 8.11. The zero-order valence-electron chi connectivity index (χ0n) is 12.7. The molecule has 0 saturated heterocycles. The van der Waals surface area contributed by atoms with Crippen LogP contribution in [0.25, 0.3) is 0 Å². The molecule has 0 radical (unpaired) electrons. The first kappa shape index (κ1) is 16.9. The van der Waals surface area contributed by atoms with Crippen molar-refractivity contribution >= 4 is 0 Å². The number of hydrogen-bond donors (Lipinski definition) is 1. The Hall–Kier alpha value is -1.14. The number of nitrogens with zero attached hydrogens (tertiary/aromatic N) is 1. The fourth-order valence-electron chi connectivity index (χ4n) is 1.74. The lowest BCUT2D eigenvalue weighted by Gasteiger charge is -2.17. The first-order valence-electron chi connectivity index (χ1n) is 6.88. The molecule has 0 spiro atoms. The van der Waals surface area contributed by atoms with Crippen molar-refractivity contribution in [3.63, 3.8) is 0 Å². The molecule has 0 aliphatic heterocycles. The predicted octanol–water partition coefficient (Wildman–Crippen LogP) is 1.46. The van der Waals surface area contributed by atoms with Crippen molar-refractivity contribution in [2.24, 2.45) is 5.73 Å². The second-order valence-electron chi connectivity index (χ2n) is 4.77. The SMILES string of the molecule is COc1ccc(CN(C)CCOCCOC(C)N)cc1. The van der Waals surface area contributed by atoms with Gasteiger partial charge in [0.15, 0.2) is 0 Å². The number of likely N-dealkylation sites (N-methyl/N-ethyl adjacent to an activating group) is 1. The van der Waals surface area contributed by atoms with Crippen molar-refractivity contribution in [3.8, 4) is 5.75 Å². The minimum Gasteiger partial charge on any atom is -0.497 e. The van der Waals surface area contributed by atoms with E-state index in [-0.39, 0.29) is 6.23 Å². The summed E-state index contributed by atoms with van der Waals surface area (Å²) in [5.41, 5.74) is 6.72. The largest absolute Gasteiger partial charge is 0.497 e. The van der Waals surface area contributed by atoms with Gasteiger partial charge in [-0.1, -0.05) is 12.1 Å². The Labute approximate surface area is 121 Å². The Morgan fingerprint density at radius 3 is 2.45 bits per heavy atom. The van der Waals surface area contributed by atoms with Crippen LogP contribution in [0, 0.1) is 0 Å². The van der Waals surface area contributed by atoms with Crippen molar-refractivity contribution in [1.82, 2.24) is 4.90 Å². The molecule has 0 aliphatic rings. The Morgan fingerprint density at radius 1 is 1.15 bits per heavy atom. The van der Waals surface area contributed by atoms with Gasteiger partial charge in [0.2, 0.25) is 0 Å². The molecule has 0 fully saturated rings. The molecule has 1 unspecified atom stereocenters. The second-order valence-corrected chi connectivity index (χ2v) is 4.77. The maximum Gasteiger partial charge on any atom is 0.118 e. The quantitative estimate of drug-likeness (QED) is 0.520. The van der Waals surface area contributed by atoms with E-state index in [1.807, 2.05) is 19.1 Å². The highest BCUT2D eigenvalue weighted by Gasteiger charge is 2.01. The topological polar surface area (TPSA) is 57.0 Å². The maximum absolute atomic E-state index is 5.49. The third-order valence-electron chi connectivity index (χ3n) is 2.84. The van der Waals surface area contributed by atoms with Crippen molar-refractivity contribution in [1.29, 1.82) is 0 Å². The lowest BCUT2D eigenvalue weighted by molar-refractivity contribution is 0.0108. The first-order chi connectivity index (χ1) is 9.61. The van der Waals surface area contributed by atoms with Gasteiger partial charge in [0.1, 0.15) is 12.0 Å². The summed E-state index contributed by atoms with van der Waals surface area (Å²) in [5.74, 6) is 0.883. The van der Waals surface area contributed by atoms with Gasteiger partial charge >= 0.3 is 0 Å². The van der Waals surface area contributed by atoms with E-state index < -0.39 is 0 Å². The molecule has 0 saturated carbocycles. The van der Waals surface area contributed by atoms with Crippen LogP contribution in [-0.4, -0.2) is 51.7 Å². The van der Waals surface area contributed by atoms with Crippen LogP contribution in [-0.2, 0) is 16.0 Å². The molecule has 1 rings (SSSR count). The van der Waals surface area contributed by atoms with E-state index in [1.165, 1.54) is 5.56 Å². The van der Waals surface area contributed by atoms with E-state index in [2.05, 4.69) is 24.1 Å². The fourth-order valence-corrected chi connectivity index (χ4v) is 1.74. The first-order valence-corrected chi connectivity index (χ1v) is 6.88. The fraction of sp³-hybridized carbons (Fsp3) is 0.600. The molecule has 1 atom stereocenters. The van der Waals surface area contributed by atoms with Crippen molar-refractivity contribution in [3.05, 3.63) is 29.8 Å². The Bertz CT molecular complexity index is 355. The van der Waals surface area contributed by atoms with Gasteiger partial charge in [-0.05, 0) is 31.7 Å². The van der Waals surface area contributed by atoms with Crippen molar-refractivity contribution < 1.29 is 14.2 Å². The summed E-state index contributed by atoms with van der Waals surface area (Å²) in [5, 5.41) is 0. The number of ether oxygens (including phenoxy) is 3. The van der Waals surface area contributed by atoms with Gasteiger partial charge in [0, 0.05) is 13.1 Å². The van der Waals surface area contributed by atoms with E-state index in [0.29, 0.717) is 19.8 Å². The van der Waals surface area contributed by atoms with Gasteiger partial charge < -0.3 is 19.9 Å². The molecule has 1 aromatic carbocycles. The molecule has 0 bridgehead atoms. The highest BCUT2D eigenvalue weighted by Crippen LogP contribution is 2.12. The number of nitrogens with two attached hydrogens (primary N) is 1. The Kier molecular flexibility index (Phi) is 8.22. The third-order valence-corrected chi connectivity index (χ3v) is 2.84. The van der Waals surface area contributed by atoms with E-state index in [0.717, 1.165) is 18.8 Å². The zero-order valence-corrected chi connectivity index (χ0v) is 12.7. The number of benzene rings is 1. The lowest BCUT2D eigenvalue weighted by atomic mass is 10.2. The molecular formula is C15H26N2O3. The monoisotopic (exact) mass is 282 g/mol. The van der Waals surface area contributed by atoms with Crippen LogP contribution in [0.15, 0.2) is 24.3 Å². The Balaban J connectivity index is 2.11. The van der Waals surface area contributed by atoms with Crippen LogP contribution in [0.1, 0.15) is 12.5 Å². The van der Waals surface area contributed by atoms with Crippen LogP contribution in [0.5, 0.6) is 5.75 Å². The molecule has 5 heteroatoms. The minimum atomic E-state index is -0.226. The number of methoxy groups -OCH3 is 1. The van der Waals surface area contributed by atoms with Crippen LogP contribution in [0.2, 0.25) is 0 Å². The minimum absolute atomic E-state index is 0.226. The average Bonchev–Trinajstić information content (AvgIpc) is 2.43. The summed E-state index contributed by atoms with van der Waals surface area (Å²) in [7, 11) is 3.75. The van der Waals surface area contributed by atoms with Gasteiger partial charge in [0.25, 0.3) is 0 Å². The van der Waals surface area contributed by atoms with Crippen LogP contribution in [0.3, 0.4) is 0 Å². The zero-order chi connectivity index (χ0) is 14.8. The predicted molar refractivity (Wildman–Crippen MR) is 79.7 cm³/mol. The molecule has 2 N–H and O–H groups in total. The molecule has 0 amide bonds. The molecule has 0 heterocycles. The second kappa shape index (κ2) is 9.72. The van der Waals surface area contributed by atoms with E-state index in [9.17, 15) is 0 Å². The third kappa shape index (κ3) is 7.45. The molecule has 1 aromatic rings. The van der Waals surface area contributed by atoms with Crippen LogP contribution >= 0.6 is 0 Å². The molecule has 114 valence electrons. The van der Waals surface area contributed by atoms with Gasteiger partial charge in [-0.3, -0.25) is 4.90 Å². The molecule has 0 aromatic heterocycles. The van der Waals surface area contributed by atoms with Gasteiger partial charge in [-0.25, -0.2) is 0 Å². The van der Waals surface area contributed by atoms with E-state index in [1.54, 1.807) is 7.11 Å². The standard InChI is InChI=1S/C15H26N2O3/c1-13(16)20-11-10-19-9-8-17(2)12-14-4-6-15(18-3)7-5-14/h4-7,13H,8-12,16H2,1-3H3. The Morgan fingerprint density at radius 2 is 1.85 bits per heavy atom. The highest BCUT2D eigenvalue weighted by molar-refractivity contribution is 5.26. The summed E-state index contributed by atoms with van der Waals surface area (Å²) in [6.07, 6.45) is -0.226. The summed E-state index contributed by atoms with van der Waals surface area (Å²) in [4.78, 5) is 2.22. The smallest absolute Gasteiger partial charge is 0.118 e. The molecular weight excluding hydrogens is 256 g/mol. The number of hydrogen-bond acceptors (Lipinski definition) is 5. The van der Waals surface area contributed by atoms with Gasteiger partial charge in [-0.2, -0.15) is 0 Å². The van der Waals surface area contributed by atoms with Crippen LogP contribution in [0.4, 0.5) is 0 Å². The van der Waals surface area contributed by atoms with Gasteiger partial charge in [0.05, 0.1) is 26.9 Å². The van der Waals surface area contributed by atoms with E-state index in [4.69, 9.17) is 19.9 Å². The summed E-state index contributed by atoms with van der Waals surface area (Å²) >= 11 is 0. The maximum atomic E-state index is 5.49. The summed E-state index contributed by atoms with van der Waals surface area (Å²) < 4.78 is 15.8. The lowest BCUT2D eigenvalue weighted by Crippen LogP contribution is -2.25. The van der Waals surface area contributed by atoms with E-state index >= 15 is 0 Å². The van der Waals surface area contributed by atoms with Crippen molar-refractivity contribution in [2.45, 2.75) is 19.7 Å². The molecule has 0 aliphatic carbocycles. The molecule has 20 heavy (non-hydrogen) atoms. The van der Waals surface area contributed by atoms with Gasteiger partial charge in [-0.15, -0.1) is 0 Å². The normalized spacial score (nSPS) is 12.7. The average molecular weight is 282 g/mol. The van der Waals surface area contributed by atoms with Crippen molar-refractivity contribution in [2.75, 3.05) is 40.5 Å². The summed E-state index contributed by atoms with van der Waals surface area (Å²) in [6.45, 7) is 5.39. The number of rotatable bonds is 10.